The highest BCUT2D eigenvalue weighted by atomic mass is 35.5. The number of benzene rings is 1. The van der Waals surface area contributed by atoms with E-state index in [4.69, 9.17) is 11.6 Å². The van der Waals surface area contributed by atoms with Crippen LogP contribution >= 0.6 is 11.6 Å². The van der Waals surface area contributed by atoms with E-state index < -0.39 is 0 Å². The summed E-state index contributed by atoms with van der Waals surface area (Å²) in [7, 11) is 0. The molecule has 1 aromatic carbocycles. The van der Waals surface area contributed by atoms with Crippen LogP contribution in [0.4, 0.5) is 11.6 Å². The van der Waals surface area contributed by atoms with Crippen molar-refractivity contribution in [2.75, 3.05) is 11.9 Å². The average Bonchev–Trinajstić information content (AvgIpc) is 3.14. The fourth-order valence-corrected chi connectivity index (χ4v) is 4.00. The zero-order valence-corrected chi connectivity index (χ0v) is 20.2. The SMILES string of the molecule is CCCCCCNC(=O)c1cc2cc(Nc3nccc(C4=CCC(C)=CC=N4)n3)cc(Cl)c2[nH]1. The van der Waals surface area contributed by atoms with Crippen molar-refractivity contribution in [2.24, 2.45) is 4.99 Å². The Morgan fingerprint density at radius 2 is 2.09 bits per heavy atom. The second-order valence-electron chi connectivity index (χ2n) is 8.40. The second kappa shape index (κ2) is 11.1. The number of halogens is 1. The van der Waals surface area contributed by atoms with E-state index >= 15 is 0 Å². The minimum absolute atomic E-state index is 0.128. The summed E-state index contributed by atoms with van der Waals surface area (Å²) in [6.45, 7) is 4.90. The summed E-state index contributed by atoms with van der Waals surface area (Å²) in [5.74, 6) is 0.315. The van der Waals surface area contributed by atoms with Gasteiger partial charge in [-0.25, -0.2) is 9.97 Å². The third-order valence-corrected chi connectivity index (χ3v) is 5.90. The molecule has 0 atom stereocenters. The van der Waals surface area contributed by atoms with Gasteiger partial charge >= 0.3 is 0 Å². The Morgan fingerprint density at radius 3 is 2.94 bits per heavy atom. The monoisotopic (exact) mass is 476 g/mol. The van der Waals surface area contributed by atoms with Crippen molar-refractivity contribution in [3.8, 4) is 0 Å². The summed E-state index contributed by atoms with van der Waals surface area (Å²) >= 11 is 6.51. The maximum atomic E-state index is 12.5. The number of fused-ring (bicyclic) bond motifs is 1. The van der Waals surface area contributed by atoms with Gasteiger partial charge in [0, 0.05) is 30.0 Å². The molecule has 0 radical (unpaired) electrons. The van der Waals surface area contributed by atoms with Crippen molar-refractivity contribution in [1.29, 1.82) is 0 Å². The quantitative estimate of drug-likeness (QED) is 0.310. The molecule has 3 aromatic rings. The van der Waals surface area contributed by atoms with E-state index in [9.17, 15) is 4.79 Å². The third kappa shape index (κ3) is 5.91. The molecule has 1 aliphatic rings. The van der Waals surface area contributed by atoms with Crippen LogP contribution in [0.15, 0.2) is 53.2 Å². The van der Waals surface area contributed by atoms with Crippen molar-refractivity contribution >= 4 is 52.0 Å². The van der Waals surface area contributed by atoms with E-state index in [0.717, 1.165) is 47.2 Å². The van der Waals surface area contributed by atoms with Crippen LogP contribution in [0.1, 0.15) is 62.1 Å². The number of amides is 1. The summed E-state index contributed by atoms with van der Waals surface area (Å²) in [4.78, 5) is 29.1. The molecular formula is C26H29ClN6O. The number of hydrogen-bond donors (Lipinski definition) is 3. The van der Waals surface area contributed by atoms with Crippen molar-refractivity contribution in [3.05, 3.63) is 64.6 Å². The number of hydrogen-bond acceptors (Lipinski definition) is 5. The van der Waals surface area contributed by atoms with E-state index in [1.54, 1.807) is 18.5 Å². The molecule has 0 fully saturated rings. The highest BCUT2D eigenvalue weighted by molar-refractivity contribution is 6.35. The van der Waals surface area contributed by atoms with Gasteiger partial charge in [-0.05, 0) is 50.1 Å². The summed E-state index contributed by atoms with van der Waals surface area (Å²) in [5.41, 5.74) is 4.73. The zero-order valence-electron chi connectivity index (χ0n) is 19.5. The molecule has 0 unspecified atom stereocenters. The van der Waals surface area contributed by atoms with Crippen LogP contribution in [-0.4, -0.2) is 33.6 Å². The summed E-state index contributed by atoms with van der Waals surface area (Å²) in [5, 5.41) is 7.53. The zero-order chi connectivity index (χ0) is 23.9. The number of aromatic nitrogens is 3. The molecule has 1 amide bonds. The minimum Gasteiger partial charge on any atom is -0.351 e. The van der Waals surface area contributed by atoms with E-state index in [2.05, 4.69) is 50.5 Å². The number of unbranched alkanes of at least 4 members (excludes halogenated alkanes) is 3. The average molecular weight is 477 g/mol. The summed E-state index contributed by atoms with van der Waals surface area (Å²) in [6, 6.07) is 7.36. The number of nitrogens with one attached hydrogen (secondary N) is 3. The molecule has 1 aliphatic heterocycles. The Kier molecular flexibility index (Phi) is 7.75. The number of anilines is 2. The predicted octanol–water partition coefficient (Wildman–Crippen LogP) is 6.43. The van der Waals surface area contributed by atoms with Gasteiger partial charge in [0.25, 0.3) is 5.91 Å². The van der Waals surface area contributed by atoms with Crippen molar-refractivity contribution in [2.45, 2.75) is 46.0 Å². The lowest BCUT2D eigenvalue weighted by molar-refractivity contribution is 0.0949. The van der Waals surface area contributed by atoms with Gasteiger partial charge in [0.15, 0.2) is 0 Å². The third-order valence-electron chi connectivity index (χ3n) is 5.60. The van der Waals surface area contributed by atoms with Crippen LogP contribution < -0.4 is 10.6 Å². The molecule has 0 spiro atoms. The van der Waals surface area contributed by atoms with Gasteiger partial charge in [-0.3, -0.25) is 9.79 Å². The fraction of sp³-hybridized carbons (Fsp3) is 0.308. The summed E-state index contributed by atoms with van der Waals surface area (Å²) in [6.07, 6.45) is 12.8. The largest absolute Gasteiger partial charge is 0.351 e. The fourth-order valence-electron chi connectivity index (χ4n) is 3.73. The lowest BCUT2D eigenvalue weighted by Crippen LogP contribution is -2.24. The molecule has 2 aromatic heterocycles. The van der Waals surface area contributed by atoms with Crippen LogP contribution in [0.25, 0.3) is 16.6 Å². The van der Waals surface area contributed by atoms with Gasteiger partial charge in [0.2, 0.25) is 5.95 Å². The minimum atomic E-state index is -0.128. The van der Waals surface area contributed by atoms with Crippen molar-refractivity contribution in [3.63, 3.8) is 0 Å². The molecule has 0 aliphatic carbocycles. The number of aromatic amines is 1. The number of aliphatic imine (C=N–C) groups is 1. The van der Waals surface area contributed by atoms with Gasteiger partial charge in [-0.1, -0.05) is 49.4 Å². The lowest BCUT2D eigenvalue weighted by Gasteiger charge is -2.08. The molecule has 34 heavy (non-hydrogen) atoms. The van der Waals surface area contributed by atoms with Crippen molar-refractivity contribution in [1.82, 2.24) is 20.3 Å². The Hall–Kier alpha value is -3.45. The highest BCUT2D eigenvalue weighted by Gasteiger charge is 2.13. The molecule has 0 bridgehead atoms. The number of carbonyl (C=O) groups excluding carboxylic acids is 1. The molecule has 3 heterocycles. The van der Waals surface area contributed by atoms with Gasteiger partial charge in [0.1, 0.15) is 5.69 Å². The van der Waals surface area contributed by atoms with Crippen LogP contribution in [0.2, 0.25) is 5.02 Å². The number of nitrogens with zero attached hydrogens (tertiary/aromatic N) is 3. The van der Waals surface area contributed by atoms with Crippen LogP contribution in [0, 0.1) is 0 Å². The maximum Gasteiger partial charge on any atom is 0.267 e. The Bertz CT molecular complexity index is 1270. The molecule has 0 saturated heterocycles. The smallest absolute Gasteiger partial charge is 0.267 e. The van der Waals surface area contributed by atoms with Gasteiger partial charge in [-0.15, -0.1) is 0 Å². The molecule has 7 nitrogen and oxygen atoms in total. The number of rotatable bonds is 9. The molecule has 8 heteroatoms. The topological polar surface area (TPSA) is 95.1 Å². The second-order valence-corrected chi connectivity index (χ2v) is 8.80. The maximum absolute atomic E-state index is 12.5. The van der Waals surface area contributed by atoms with Gasteiger partial charge in [-0.2, -0.15) is 0 Å². The van der Waals surface area contributed by atoms with Gasteiger partial charge < -0.3 is 15.6 Å². The Labute approximate surface area is 204 Å². The van der Waals surface area contributed by atoms with Gasteiger partial charge in [0.05, 0.1) is 21.9 Å². The van der Waals surface area contributed by atoms with Crippen LogP contribution in [-0.2, 0) is 0 Å². The van der Waals surface area contributed by atoms with E-state index in [1.807, 2.05) is 24.3 Å². The molecule has 0 saturated carbocycles. The molecule has 3 N–H and O–H groups in total. The first-order valence-corrected chi connectivity index (χ1v) is 12.0. The Morgan fingerprint density at radius 1 is 1.21 bits per heavy atom. The lowest BCUT2D eigenvalue weighted by atomic mass is 10.2. The summed E-state index contributed by atoms with van der Waals surface area (Å²) < 4.78 is 0. The van der Waals surface area contributed by atoms with E-state index in [1.165, 1.54) is 18.4 Å². The number of allylic oxidation sites excluding steroid dienone is 3. The van der Waals surface area contributed by atoms with E-state index in [0.29, 0.717) is 23.2 Å². The first-order chi connectivity index (χ1) is 16.5. The van der Waals surface area contributed by atoms with Crippen molar-refractivity contribution < 1.29 is 4.79 Å². The van der Waals surface area contributed by atoms with Crippen LogP contribution in [0.5, 0.6) is 0 Å². The number of H-pyrrole nitrogens is 1. The molecular weight excluding hydrogens is 448 g/mol. The Balaban J connectivity index is 1.48. The first-order valence-electron chi connectivity index (χ1n) is 11.6. The van der Waals surface area contributed by atoms with E-state index in [-0.39, 0.29) is 5.91 Å². The molecule has 4 rings (SSSR count). The number of carbonyl (C=O) groups is 1. The molecule has 176 valence electrons. The normalized spacial score (nSPS) is 13.4. The van der Waals surface area contributed by atoms with Crippen LogP contribution in [0.3, 0.4) is 0 Å². The standard InChI is InChI=1S/C26H29ClN6O/c1-3-4-5-6-11-29-25(34)23-15-18-14-19(16-20(27)24(18)32-23)31-26-30-13-10-22(33-26)21-8-7-17(2)9-12-28-21/h8-10,12-16,32H,3-7,11H2,1-2H3,(H,29,34)(H,30,31,33). The predicted molar refractivity (Wildman–Crippen MR) is 140 cm³/mol. The highest BCUT2D eigenvalue weighted by Crippen LogP contribution is 2.29. The first kappa shape index (κ1) is 23.7.